The van der Waals surface area contributed by atoms with E-state index in [0.717, 1.165) is 22.6 Å². The first kappa shape index (κ1) is 23.9. The number of methoxy groups -OCH3 is 1. The Hall–Kier alpha value is -4.85. The number of para-hydroxylation sites is 1. The summed E-state index contributed by atoms with van der Waals surface area (Å²) in [6.45, 7) is 3.81. The number of aromatic carboxylic acids is 1. The fourth-order valence-electron chi connectivity index (χ4n) is 4.33. The molecule has 0 radical (unpaired) electrons. The van der Waals surface area contributed by atoms with Crippen LogP contribution in [0.5, 0.6) is 5.75 Å². The van der Waals surface area contributed by atoms with E-state index in [1.807, 2.05) is 44.2 Å². The highest BCUT2D eigenvalue weighted by molar-refractivity contribution is 5.94. The highest BCUT2D eigenvalue weighted by Gasteiger charge is 2.19. The topological polar surface area (TPSA) is 107 Å². The van der Waals surface area contributed by atoms with Crippen LogP contribution in [-0.2, 0) is 0 Å². The largest absolute Gasteiger partial charge is 0.497 e. The molecule has 0 fully saturated rings. The summed E-state index contributed by atoms with van der Waals surface area (Å²) >= 11 is 0. The van der Waals surface area contributed by atoms with Crippen LogP contribution < -0.4 is 15.5 Å². The normalized spacial score (nSPS) is 11.9. The average Bonchev–Trinajstić information content (AvgIpc) is 3.39. The monoisotopic (exact) mass is 495 g/mol. The van der Waals surface area contributed by atoms with Gasteiger partial charge in [0.15, 0.2) is 5.43 Å². The number of ether oxygens (including phenoxy) is 1. The number of nitrogens with zero attached hydrogens (tertiary/aromatic N) is 2. The highest BCUT2D eigenvalue weighted by atomic mass is 16.5. The Kier molecular flexibility index (Phi) is 6.23. The number of aromatic nitrogens is 2. The van der Waals surface area contributed by atoms with Crippen LogP contribution in [0.1, 0.15) is 34.5 Å². The molecule has 0 aliphatic rings. The zero-order chi connectivity index (χ0) is 26.1. The molecule has 2 aromatic heterocycles. The standard InChI is InChI=1S/C29H25N3O5/c1-17-12-23(18(2)31-25-7-5-4-6-22(25)29(34)35)28-24(13-17)26(33)14-27(37-28)19-15-30-32(16-19)20-8-10-21(36-3)11-9-20/h4-16,18,31H,1-3H3,(H,34,35)/t18-/m1/s1. The van der Waals surface area contributed by atoms with Crippen molar-refractivity contribution in [1.82, 2.24) is 9.78 Å². The molecule has 0 unspecified atom stereocenters. The van der Waals surface area contributed by atoms with Gasteiger partial charge in [-0.3, -0.25) is 4.79 Å². The summed E-state index contributed by atoms with van der Waals surface area (Å²) in [5.41, 5.74) is 4.05. The van der Waals surface area contributed by atoms with Gasteiger partial charge in [-0.2, -0.15) is 5.10 Å². The molecule has 0 aliphatic heterocycles. The van der Waals surface area contributed by atoms with Crippen LogP contribution in [0.4, 0.5) is 5.69 Å². The van der Waals surface area contributed by atoms with Crippen LogP contribution in [0, 0.1) is 6.92 Å². The van der Waals surface area contributed by atoms with E-state index in [-0.39, 0.29) is 17.0 Å². The number of carbonyl (C=O) groups is 1. The van der Waals surface area contributed by atoms with Crippen molar-refractivity contribution in [2.24, 2.45) is 0 Å². The van der Waals surface area contributed by atoms with Gasteiger partial charge in [-0.25, -0.2) is 9.48 Å². The molecule has 8 heteroatoms. The summed E-state index contributed by atoms with van der Waals surface area (Å²) in [5, 5.41) is 17.7. The third kappa shape index (κ3) is 4.69. The molecule has 186 valence electrons. The van der Waals surface area contributed by atoms with E-state index in [4.69, 9.17) is 9.15 Å². The third-order valence-electron chi connectivity index (χ3n) is 6.20. The molecule has 0 saturated heterocycles. The summed E-state index contributed by atoms with van der Waals surface area (Å²) < 4.78 is 13.2. The molecule has 0 amide bonds. The van der Waals surface area contributed by atoms with Gasteiger partial charge in [-0.05, 0) is 61.9 Å². The van der Waals surface area contributed by atoms with E-state index in [1.165, 1.54) is 6.07 Å². The lowest BCUT2D eigenvalue weighted by Gasteiger charge is -2.19. The van der Waals surface area contributed by atoms with Gasteiger partial charge < -0.3 is 19.6 Å². The van der Waals surface area contributed by atoms with E-state index >= 15 is 0 Å². The molecule has 37 heavy (non-hydrogen) atoms. The van der Waals surface area contributed by atoms with Crippen molar-refractivity contribution in [2.45, 2.75) is 19.9 Å². The van der Waals surface area contributed by atoms with Crippen molar-refractivity contribution < 1.29 is 19.1 Å². The van der Waals surface area contributed by atoms with Crippen LogP contribution in [0.3, 0.4) is 0 Å². The number of hydrogen-bond donors (Lipinski definition) is 2. The van der Waals surface area contributed by atoms with Gasteiger partial charge in [0, 0.05) is 23.5 Å². The van der Waals surface area contributed by atoms with Gasteiger partial charge in [0.05, 0.1) is 41.5 Å². The lowest BCUT2D eigenvalue weighted by atomic mass is 10.0. The first-order valence-corrected chi connectivity index (χ1v) is 11.7. The zero-order valence-electron chi connectivity index (χ0n) is 20.6. The number of carboxylic acids is 1. The predicted octanol–water partition coefficient (Wildman–Crippen LogP) is 5.83. The van der Waals surface area contributed by atoms with E-state index in [0.29, 0.717) is 28.0 Å². The second kappa shape index (κ2) is 9.66. The average molecular weight is 496 g/mol. The minimum Gasteiger partial charge on any atom is -0.497 e. The maximum absolute atomic E-state index is 13.1. The first-order chi connectivity index (χ1) is 17.8. The quantitative estimate of drug-likeness (QED) is 0.292. The van der Waals surface area contributed by atoms with Crippen molar-refractivity contribution >= 4 is 22.6 Å². The van der Waals surface area contributed by atoms with Crippen molar-refractivity contribution in [3.63, 3.8) is 0 Å². The molecule has 2 N–H and O–H groups in total. The molecule has 5 aromatic rings. The fourth-order valence-corrected chi connectivity index (χ4v) is 4.33. The Labute approximate surface area is 212 Å². The summed E-state index contributed by atoms with van der Waals surface area (Å²) in [5.74, 6) is 0.112. The lowest BCUT2D eigenvalue weighted by molar-refractivity contribution is 0.0698. The number of carboxylic acid groups (broad SMARTS) is 1. The molecule has 1 atom stereocenters. The van der Waals surface area contributed by atoms with Crippen molar-refractivity contribution in [2.75, 3.05) is 12.4 Å². The molecule has 5 rings (SSSR count). The zero-order valence-corrected chi connectivity index (χ0v) is 20.6. The molecule has 3 aromatic carbocycles. The number of nitrogens with one attached hydrogen (secondary N) is 1. The lowest BCUT2D eigenvalue weighted by Crippen LogP contribution is -2.12. The molecule has 2 heterocycles. The van der Waals surface area contributed by atoms with Crippen LogP contribution in [0.15, 0.2) is 88.3 Å². The molecule has 0 saturated carbocycles. The van der Waals surface area contributed by atoms with Gasteiger partial charge in [0.2, 0.25) is 0 Å². The van der Waals surface area contributed by atoms with Crippen LogP contribution in [-0.4, -0.2) is 28.0 Å². The van der Waals surface area contributed by atoms with Gasteiger partial charge >= 0.3 is 5.97 Å². The molecule has 0 aliphatic carbocycles. The van der Waals surface area contributed by atoms with Gasteiger partial charge in [0.25, 0.3) is 0 Å². The Balaban J connectivity index is 1.56. The van der Waals surface area contributed by atoms with Crippen LogP contribution >= 0.6 is 0 Å². The van der Waals surface area contributed by atoms with E-state index < -0.39 is 5.97 Å². The number of anilines is 1. The molecule has 8 nitrogen and oxygen atoms in total. The SMILES string of the molecule is COc1ccc(-n2cc(-c3cc(=O)c4cc(C)cc([C@@H](C)Nc5ccccc5C(=O)O)c4o3)cn2)cc1. The van der Waals surface area contributed by atoms with Crippen LogP contribution in [0.2, 0.25) is 0 Å². The van der Waals surface area contributed by atoms with E-state index in [9.17, 15) is 14.7 Å². The minimum absolute atomic E-state index is 0.166. The van der Waals surface area contributed by atoms with E-state index in [2.05, 4.69) is 10.4 Å². The fraction of sp³-hybridized carbons (Fsp3) is 0.138. The van der Waals surface area contributed by atoms with Crippen molar-refractivity contribution in [3.8, 4) is 22.8 Å². The number of benzene rings is 3. The van der Waals surface area contributed by atoms with Crippen molar-refractivity contribution in [3.05, 3.63) is 106 Å². The van der Waals surface area contributed by atoms with Crippen LogP contribution in [0.25, 0.3) is 28.0 Å². The second-order valence-electron chi connectivity index (χ2n) is 8.79. The maximum Gasteiger partial charge on any atom is 0.337 e. The molecular formula is C29H25N3O5. The summed E-state index contributed by atoms with van der Waals surface area (Å²) in [6.07, 6.45) is 3.44. The summed E-state index contributed by atoms with van der Waals surface area (Å²) in [4.78, 5) is 24.8. The number of hydrogen-bond acceptors (Lipinski definition) is 6. The molecule has 0 bridgehead atoms. The van der Waals surface area contributed by atoms with Gasteiger partial charge in [-0.15, -0.1) is 0 Å². The smallest absolute Gasteiger partial charge is 0.337 e. The van der Waals surface area contributed by atoms with Crippen molar-refractivity contribution in [1.29, 1.82) is 0 Å². The number of fused-ring (bicyclic) bond motifs is 1. The Morgan fingerprint density at radius 3 is 2.59 bits per heavy atom. The third-order valence-corrected chi connectivity index (χ3v) is 6.20. The second-order valence-corrected chi connectivity index (χ2v) is 8.79. The predicted molar refractivity (Wildman–Crippen MR) is 142 cm³/mol. The van der Waals surface area contributed by atoms with Gasteiger partial charge in [-0.1, -0.05) is 18.2 Å². The number of aryl methyl sites for hydroxylation is 1. The Morgan fingerprint density at radius 1 is 1.11 bits per heavy atom. The summed E-state index contributed by atoms with van der Waals surface area (Å²) in [6, 6.07) is 19.0. The minimum atomic E-state index is -1.02. The van der Waals surface area contributed by atoms with Gasteiger partial charge in [0.1, 0.15) is 17.1 Å². The first-order valence-electron chi connectivity index (χ1n) is 11.7. The maximum atomic E-state index is 13.1. The van der Waals surface area contributed by atoms with E-state index in [1.54, 1.807) is 54.5 Å². The highest BCUT2D eigenvalue weighted by Crippen LogP contribution is 2.31. The number of rotatable bonds is 7. The molecular weight excluding hydrogens is 470 g/mol. The summed E-state index contributed by atoms with van der Waals surface area (Å²) in [7, 11) is 1.61. The Bertz CT molecular complexity index is 1670. The Morgan fingerprint density at radius 2 is 1.86 bits per heavy atom. The molecule has 0 spiro atoms.